The Hall–Kier alpha value is -0.650. The molecule has 1 saturated carbocycles. The highest BCUT2D eigenvalue weighted by Crippen LogP contribution is 2.45. The molecule has 3 N–H and O–H groups in total. The van der Waals surface area contributed by atoms with Gasteiger partial charge in [-0.2, -0.15) is 0 Å². The van der Waals surface area contributed by atoms with E-state index in [0.29, 0.717) is 17.0 Å². The average Bonchev–Trinajstić information content (AvgIpc) is 3.18. The van der Waals surface area contributed by atoms with Gasteiger partial charge < -0.3 is 11.1 Å². The number of carbonyl (C=O) groups excluding carboxylic acids is 1. The van der Waals surface area contributed by atoms with Crippen molar-refractivity contribution in [3.63, 3.8) is 0 Å². The Balaban J connectivity index is 1.62. The van der Waals surface area contributed by atoms with E-state index in [2.05, 4.69) is 17.4 Å². The molecule has 2 unspecified atom stereocenters. The number of benzene rings is 1. The smallest absolute Gasteiger partial charge is 0.251 e. The Bertz CT molecular complexity index is 486. The van der Waals surface area contributed by atoms with E-state index in [1.807, 2.05) is 35.7 Å². The Morgan fingerprint density at radius 3 is 2.57 bits per heavy atom. The predicted octanol–water partition coefficient (Wildman–Crippen LogP) is 3.02. The standard InChI is InChI=1S/C16H22N2OS2/c17-10-13-2-1-3-14(13)18-15(19)11-4-6-12(7-5-11)16-20-8-9-21-16/h4-7,13-14,16H,1-3,8-10,17H2,(H,18,19). The predicted molar refractivity (Wildman–Crippen MR) is 91.7 cm³/mol. The summed E-state index contributed by atoms with van der Waals surface area (Å²) in [5.74, 6) is 2.93. The molecule has 5 heteroatoms. The molecular formula is C16H22N2OS2. The van der Waals surface area contributed by atoms with Crippen molar-refractivity contribution in [1.82, 2.24) is 5.32 Å². The van der Waals surface area contributed by atoms with E-state index < -0.39 is 0 Å². The Morgan fingerprint density at radius 1 is 1.19 bits per heavy atom. The molecule has 2 atom stereocenters. The van der Waals surface area contributed by atoms with E-state index in [-0.39, 0.29) is 11.9 Å². The summed E-state index contributed by atoms with van der Waals surface area (Å²) in [6.45, 7) is 0.667. The van der Waals surface area contributed by atoms with Crippen LogP contribution < -0.4 is 11.1 Å². The fourth-order valence-corrected chi connectivity index (χ4v) is 5.96. The van der Waals surface area contributed by atoms with Gasteiger partial charge in [0.25, 0.3) is 5.91 Å². The molecule has 0 aromatic heterocycles. The molecule has 2 aliphatic rings. The molecular weight excluding hydrogens is 300 g/mol. The summed E-state index contributed by atoms with van der Waals surface area (Å²) in [6, 6.07) is 8.36. The Morgan fingerprint density at radius 2 is 1.90 bits per heavy atom. The van der Waals surface area contributed by atoms with E-state index in [1.54, 1.807) is 0 Å². The van der Waals surface area contributed by atoms with Gasteiger partial charge in [0.2, 0.25) is 0 Å². The van der Waals surface area contributed by atoms with Crippen LogP contribution >= 0.6 is 23.5 Å². The zero-order valence-electron chi connectivity index (χ0n) is 12.1. The first-order valence-electron chi connectivity index (χ1n) is 7.62. The van der Waals surface area contributed by atoms with Crippen LogP contribution in [0, 0.1) is 5.92 Å². The lowest BCUT2D eigenvalue weighted by molar-refractivity contribution is 0.0929. The molecule has 2 fully saturated rings. The zero-order chi connectivity index (χ0) is 14.7. The minimum atomic E-state index is 0.0404. The monoisotopic (exact) mass is 322 g/mol. The van der Waals surface area contributed by atoms with Gasteiger partial charge >= 0.3 is 0 Å². The zero-order valence-corrected chi connectivity index (χ0v) is 13.7. The van der Waals surface area contributed by atoms with Crippen molar-refractivity contribution in [1.29, 1.82) is 0 Å². The number of carbonyl (C=O) groups is 1. The second kappa shape index (κ2) is 7.07. The van der Waals surface area contributed by atoms with Crippen LogP contribution in [0.4, 0.5) is 0 Å². The normalized spacial score (nSPS) is 26.1. The van der Waals surface area contributed by atoms with Gasteiger partial charge in [-0.25, -0.2) is 0 Å². The second-order valence-corrected chi connectivity index (χ2v) is 8.43. The first-order chi connectivity index (χ1) is 10.3. The molecule has 1 saturated heterocycles. The average molecular weight is 322 g/mol. The highest BCUT2D eigenvalue weighted by Gasteiger charge is 2.27. The molecule has 114 valence electrons. The number of hydrogen-bond donors (Lipinski definition) is 2. The highest BCUT2D eigenvalue weighted by molar-refractivity contribution is 8.19. The fourth-order valence-electron chi connectivity index (χ4n) is 3.10. The van der Waals surface area contributed by atoms with Gasteiger partial charge in [0.05, 0.1) is 4.58 Å². The Kier molecular flexibility index (Phi) is 5.14. The molecule has 1 aromatic rings. The van der Waals surface area contributed by atoms with Gasteiger partial charge in [-0.1, -0.05) is 18.6 Å². The summed E-state index contributed by atoms with van der Waals surface area (Å²) in [5.41, 5.74) is 7.85. The van der Waals surface area contributed by atoms with Crippen LogP contribution in [-0.4, -0.2) is 30.0 Å². The third kappa shape index (κ3) is 3.58. The summed E-state index contributed by atoms with van der Waals surface area (Å²) in [4.78, 5) is 12.3. The maximum atomic E-state index is 12.3. The number of hydrogen-bond acceptors (Lipinski definition) is 4. The van der Waals surface area contributed by atoms with Crippen molar-refractivity contribution < 1.29 is 4.79 Å². The second-order valence-electron chi connectivity index (χ2n) is 5.70. The van der Waals surface area contributed by atoms with Gasteiger partial charge in [-0.05, 0) is 43.0 Å². The number of thioether (sulfide) groups is 2. The summed E-state index contributed by atoms with van der Waals surface area (Å²) >= 11 is 3.98. The van der Waals surface area contributed by atoms with E-state index in [1.165, 1.54) is 23.5 Å². The third-order valence-electron chi connectivity index (χ3n) is 4.35. The molecule has 3 nitrogen and oxygen atoms in total. The van der Waals surface area contributed by atoms with E-state index in [9.17, 15) is 4.79 Å². The van der Waals surface area contributed by atoms with Crippen LogP contribution in [0.1, 0.15) is 39.8 Å². The van der Waals surface area contributed by atoms with Crippen molar-refractivity contribution in [3.8, 4) is 0 Å². The van der Waals surface area contributed by atoms with Crippen LogP contribution in [0.5, 0.6) is 0 Å². The van der Waals surface area contributed by atoms with Crippen molar-refractivity contribution in [3.05, 3.63) is 35.4 Å². The van der Waals surface area contributed by atoms with Crippen LogP contribution in [0.25, 0.3) is 0 Å². The summed E-state index contributed by atoms with van der Waals surface area (Å²) < 4.78 is 0.540. The topological polar surface area (TPSA) is 55.1 Å². The van der Waals surface area contributed by atoms with Gasteiger partial charge in [-0.15, -0.1) is 23.5 Å². The van der Waals surface area contributed by atoms with Gasteiger partial charge in [0, 0.05) is 23.1 Å². The van der Waals surface area contributed by atoms with E-state index in [0.717, 1.165) is 18.4 Å². The summed E-state index contributed by atoms with van der Waals surface area (Å²) in [5, 5.41) is 3.16. The van der Waals surface area contributed by atoms with E-state index in [4.69, 9.17) is 5.73 Å². The van der Waals surface area contributed by atoms with Gasteiger partial charge in [0.1, 0.15) is 0 Å². The van der Waals surface area contributed by atoms with Crippen LogP contribution in [0.2, 0.25) is 0 Å². The number of rotatable bonds is 4. The van der Waals surface area contributed by atoms with Gasteiger partial charge in [-0.3, -0.25) is 4.79 Å². The number of nitrogens with two attached hydrogens (primary N) is 1. The lowest BCUT2D eigenvalue weighted by Crippen LogP contribution is -2.39. The lowest BCUT2D eigenvalue weighted by atomic mass is 10.0. The minimum Gasteiger partial charge on any atom is -0.349 e. The van der Waals surface area contributed by atoms with Crippen LogP contribution in [0.3, 0.4) is 0 Å². The number of amides is 1. The van der Waals surface area contributed by atoms with Gasteiger partial charge in [0.15, 0.2) is 0 Å². The molecule has 0 radical (unpaired) electrons. The maximum Gasteiger partial charge on any atom is 0.251 e. The molecule has 1 aliphatic heterocycles. The van der Waals surface area contributed by atoms with Crippen LogP contribution in [-0.2, 0) is 0 Å². The SMILES string of the molecule is NCC1CCCC1NC(=O)c1ccc(C2SCCS2)cc1. The first kappa shape index (κ1) is 15.3. The molecule has 21 heavy (non-hydrogen) atoms. The molecule has 1 aliphatic carbocycles. The molecule has 1 amide bonds. The lowest BCUT2D eigenvalue weighted by Gasteiger charge is -2.19. The largest absolute Gasteiger partial charge is 0.349 e. The van der Waals surface area contributed by atoms with Crippen molar-refractivity contribution in [2.75, 3.05) is 18.1 Å². The first-order valence-corrected chi connectivity index (χ1v) is 9.72. The molecule has 0 bridgehead atoms. The molecule has 1 aromatic carbocycles. The van der Waals surface area contributed by atoms with Crippen LogP contribution in [0.15, 0.2) is 24.3 Å². The maximum absolute atomic E-state index is 12.3. The number of nitrogens with one attached hydrogen (secondary N) is 1. The third-order valence-corrected chi connectivity index (χ3v) is 7.45. The quantitative estimate of drug-likeness (QED) is 0.895. The minimum absolute atomic E-state index is 0.0404. The fraction of sp³-hybridized carbons (Fsp3) is 0.562. The summed E-state index contributed by atoms with van der Waals surface area (Å²) in [6.07, 6.45) is 3.36. The van der Waals surface area contributed by atoms with Crippen molar-refractivity contribution in [2.45, 2.75) is 29.9 Å². The molecule has 1 heterocycles. The summed E-state index contributed by atoms with van der Waals surface area (Å²) in [7, 11) is 0. The molecule has 3 rings (SSSR count). The van der Waals surface area contributed by atoms with Crippen molar-refractivity contribution in [2.24, 2.45) is 11.7 Å². The Labute approximate surface area is 134 Å². The molecule has 0 spiro atoms. The highest BCUT2D eigenvalue weighted by atomic mass is 32.2. The van der Waals surface area contributed by atoms with E-state index >= 15 is 0 Å². The van der Waals surface area contributed by atoms with Crippen molar-refractivity contribution >= 4 is 29.4 Å².